The van der Waals surface area contributed by atoms with Crippen LogP contribution in [0.3, 0.4) is 0 Å². The van der Waals surface area contributed by atoms with Crippen LogP contribution >= 0.6 is 0 Å². The lowest BCUT2D eigenvalue weighted by Gasteiger charge is -2.29. The van der Waals surface area contributed by atoms with Crippen molar-refractivity contribution in [1.29, 1.82) is 0 Å². The van der Waals surface area contributed by atoms with Gasteiger partial charge in [-0.15, -0.1) is 0 Å². The fourth-order valence-electron chi connectivity index (χ4n) is 2.38. The van der Waals surface area contributed by atoms with E-state index in [2.05, 4.69) is 39.0 Å². The van der Waals surface area contributed by atoms with Crippen molar-refractivity contribution in [2.45, 2.75) is 64.7 Å². The third kappa shape index (κ3) is 4.07. The normalized spacial score (nSPS) is 14.5. The third-order valence-corrected chi connectivity index (χ3v) is 3.95. The Labute approximate surface area is 106 Å². The average molecular weight is 233 g/mol. The second-order valence-corrected chi connectivity index (χ2v) is 5.35. The van der Waals surface area contributed by atoms with Gasteiger partial charge in [0.25, 0.3) is 0 Å². The van der Waals surface area contributed by atoms with Gasteiger partial charge in [0.1, 0.15) is 0 Å². The highest BCUT2D eigenvalue weighted by molar-refractivity contribution is 5.43. The second kappa shape index (κ2) is 6.68. The number of rotatable bonds is 7. The van der Waals surface area contributed by atoms with Gasteiger partial charge < -0.3 is 5.73 Å². The molecule has 0 aromatic heterocycles. The maximum Gasteiger partial charge on any atom is 0.0316 e. The lowest BCUT2D eigenvalue weighted by Crippen LogP contribution is -2.21. The Kier molecular flexibility index (Phi) is 5.54. The standard InChI is InChI=1S/C16H27N/c1-4-6-7-8-12-16(3,5-2)14-10-9-11-15(17)13-14/h9-11,13H,4-8,12,17H2,1-3H3. The molecule has 0 saturated heterocycles. The predicted molar refractivity (Wildman–Crippen MR) is 77.3 cm³/mol. The lowest BCUT2D eigenvalue weighted by atomic mass is 9.76. The Hall–Kier alpha value is -0.980. The molecule has 0 saturated carbocycles. The summed E-state index contributed by atoms with van der Waals surface area (Å²) in [5, 5.41) is 0. The number of benzene rings is 1. The van der Waals surface area contributed by atoms with Crippen LogP contribution in [-0.4, -0.2) is 0 Å². The summed E-state index contributed by atoms with van der Waals surface area (Å²) < 4.78 is 0. The maximum atomic E-state index is 5.89. The van der Waals surface area contributed by atoms with Crippen LogP contribution in [0.5, 0.6) is 0 Å². The minimum atomic E-state index is 0.295. The molecule has 1 unspecified atom stereocenters. The minimum Gasteiger partial charge on any atom is -0.399 e. The average Bonchev–Trinajstić information content (AvgIpc) is 2.34. The fourth-order valence-corrected chi connectivity index (χ4v) is 2.38. The molecule has 96 valence electrons. The van der Waals surface area contributed by atoms with Crippen LogP contribution in [0.2, 0.25) is 0 Å². The topological polar surface area (TPSA) is 26.0 Å². The van der Waals surface area contributed by atoms with Crippen LogP contribution in [-0.2, 0) is 5.41 Å². The molecule has 1 rings (SSSR count). The number of hydrogen-bond acceptors (Lipinski definition) is 1. The van der Waals surface area contributed by atoms with Gasteiger partial charge in [0.15, 0.2) is 0 Å². The molecule has 0 aliphatic carbocycles. The van der Waals surface area contributed by atoms with E-state index in [0.29, 0.717) is 5.41 Å². The quantitative estimate of drug-likeness (QED) is 0.525. The van der Waals surface area contributed by atoms with E-state index >= 15 is 0 Å². The molecule has 0 fully saturated rings. The van der Waals surface area contributed by atoms with Gasteiger partial charge in [-0.3, -0.25) is 0 Å². The van der Waals surface area contributed by atoms with E-state index < -0.39 is 0 Å². The van der Waals surface area contributed by atoms with Crippen molar-refractivity contribution in [3.63, 3.8) is 0 Å². The molecule has 0 radical (unpaired) electrons. The molecule has 0 aliphatic rings. The summed E-state index contributed by atoms with van der Waals surface area (Å²) in [6.45, 7) is 6.91. The monoisotopic (exact) mass is 233 g/mol. The predicted octanol–water partition coefficient (Wildman–Crippen LogP) is 4.91. The first-order valence-electron chi connectivity index (χ1n) is 6.98. The molecule has 0 amide bonds. The van der Waals surface area contributed by atoms with E-state index in [1.165, 1.54) is 44.1 Å². The van der Waals surface area contributed by atoms with Gasteiger partial charge in [-0.05, 0) is 36.0 Å². The Morgan fingerprint density at radius 2 is 1.88 bits per heavy atom. The van der Waals surface area contributed by atoms with Crippen LogP contribution < -0.4 is 5.73 Å². The summed E-state index contributed by atoms with van der Waals surface area (Å²) in [4.78, 5) is 0. The van der Waals surface area contributed by atoms with E-state index in [-0.39, 0.29) is 0 Å². The van der Waals surface area contributed by atoms with Crippen LogP contribution in [0.15, 0.2) is 24.3 Å². The molecule has 1 aromatic rings. The van der Waals surface area contributed by atoms with Crippen molar-refractivity contribution in [2.75, 3.05) is 5.73 Å². The maximum absolute atomic E-state index is 5.89. The molecule has 1 aromatic carbocycles. The first-order chi connectivity index (χ1) is 8.12. The van der Waals surface area contributed by atoms with Crippen LogP contribution in [0, 0.1) is 0 Å². The highest BCUT2D eigenvalue weighted by atomic mass is 14.5. The number of unbranched alkanes of at least 4 members (excludes halogenated alkanes) is 3. The van der Waals surface area contributed by atoms with Crippen molar-refractivity contribution >= 4 is 5.69 Å². The van der Waals surface area contributed by atoms with Crippen LogP contribution in [0.4, 0.5) is 5.69 Å². The summed E-state index contributed by atoms with van der Waals surface area (Å²) in [6.07, 6.45) is 7.80. The summed E-state index contributed by atoms with van der Waals surface area (Å²) in [5.74, 6) is 0. The molecular weight excluding hydrogens is 206 g/mol. The van der Waals surface area contributed by atoms with E-state index in [0.717, 1.165) is 5.69 Å². The van der Waals surface area contributed by atoms with E-state index in [1.807, 2.05) is 6.07 Å². The van der Waals surface area contributed by atoms with Crippen molar-refractivity contribution in [3.05, 3.63) is 29.8 Å². The van der Waals surface area contributed by atoms with Crippen LogP contribution in [0.25, 0.3) is 0 Å². The summed E-state index contributed by atoms with van der Waals surface area (Å²) in [6, 6.07) is 8.41. The van der Waals surface area contributed by atoms with Gasteiger partial charge >= 0.3 is 0 Å². The Bertz CT molecular complexity index is 332. The molecule has 2 N–H and O–H groups in total. The molecule has 17 heavy (non-hydrogen) atoms. The molecule has 0 aliphatic heterocycles. The first-order valence-corrected chi connectivity index (χ1v) is 6.98. The van der Waals surface area contributed by atoms with Crippen molar-refractivity contribution in [2.24, 2.45) is 0 Å². The number of nitrogen functional groups attached to an aromatic ring is 1. The Morgan fingerprint density at radius 3 is 2.47 bits per heavy atom. The van der Waals surface area contributed by atoms with E-state index in [1.54, 1.807) is 0 Å². The second-order valence-electron chi connectivity index (χ2n) is 5.35. The SMILES string of the molecule is CCCCCCC(C)(CC)c1cccc(N)c1. The summed E-state index contributed by atoms with van der Waals surface area (Å²) >= 11 is 0. The molecular formula is C16H27N. The molecule has 0 heterocycles. The molecule has 1 atom stereocenters. The summed E-state index contributed by atoms with van der Waals surface area (Å²) in [5.41, 5.74) is 8.47. The number of hydrogen-bond donors (Lipinski definition) is 1. The minimum absolute atomic E-state index is 0.295. The van der Waals surface area contributed by atoms with Gasteiger partial charge in [0, 0.05) is 5.69 Å². The molecule has 0 bridgehead atoms. The number of nitrogens with two attached hydrogens (primary N) is 1. The zero-order valence-corrected chi connectivity index (χ0v) is 11.6. The number of anilines is 1. The van der Waals surface area contributed by atoms with Crippen molar-refractivity contribution < 1.29 is 0 Å². The largest absolute Gasteiger partial charge is 0.399 e. The van der Waals surface area contributed by atoms with Gasteiger partial charge in [-0.25, -0.2) is 0 Å². The Balaban J connectivity index is 2.67. The fraction of sp³-hybridized carbons (Fsp3) is 0.625. The smallest absolute Gasteiger partial charge is 0.0316 e. The van der Waals surface area contributed by atoms with Gasteiger partial charge in [-0.1, -0.05) is 58.6 Å². The molecule has 1 nitrogen and oxygen atoms in total. The van der Waals surface area contributed by atoms with Gasteiger partial charge in [-0.2, -0.15) is 0 Å². The lowest BCUT2D eigenvalue weighted by molar-refractivity contribution is 0.396. The zero-order chi connectivity index (χ0) is 12.7. The van der Waals surface area contributed by atoms with E-state index in [4.69, 9.17) is 5.73 Å². The van der Waals surface area contributed by atoms with Gasteiger partial charge in [0.05, 0.1) is 0 Å². The Morgan fingerprint density at radius 1 is 1.12 bits per heavy atom. The highest BCUT2D eigenvalue weighted by Gasteiger charge is 2.23. The third-order valence-electron chi connectivity index (χ3n) is 3.95. The van der Waals surface area contributed by atoms with Gasteiger partial charge in [0.2, 0.25) is 0 Å². The molecule has 0 spiro atoms. The highest BCUT2D eigenvalue weighted by Crippen LogP contribution is 2.34. The molecule has 1 heteroatoms. The van der Waals surface area contributed by atoms with Crippen molar-refractivity contribution in [1.82, 2.24) is 0 Å². The first kappa shape index (κ1) is 14.1. The zero-order valence-electron chi connectivity index (χ0n) is 11.6. The summed E-state index contributed by atoms with van der Waals surface area (Å²) in [7, 11) is 0. The van der Waals surface area contributed by atoms with Crippen LogP contribution in [0.1, 0.15) is 64.9 Å². The van der Waals surface area contributed by atoms with E-state index in [9.17, 15) is 0 Å². The van der Waals surface area contributed by atoms with Crippen molar-refractivity contribution in [3.8, 4) is 0 Å².